The molecule has 2 heterocycles. The molecule has 6 heteroatoms. The molecule has 0 bridgehead atoms. The van der Waals surface area contributed by atoms with E-state index in [1.165, 1.54) is 0 Å². The largest absolute Gasteiger partial charge is 0.468 e. The third kappa shape index (κ3) is 3.64. The lowest BCUT2D eigenvalue weighted by atomic mass is 9.96. The van der Waals surface area contributed by atoms with Crippen LogP contribution < -0.4 is 4.74 Å². The van der Waals surface area contributed by atoms with Crippen LogP contribution in [0.25, 0.3) is 34.3 Å². The Balaban J connectivity index is 2.32. The third-order valence-electron chi connectivity index (χ3n) is 4.32. The van der Waals surface area contributed by atoms with Gasteiger partial charge in [-0.2, -0.15) is 0 Å². The SMILES string of the molecule is C=Cc1cc(OCOC)cc(-c2ncc3c(C)nc(C)nc3c2F)c1/C=C\C. The number of nitrogens with zero attached hydrogens (tertiary/aromatic N) is 3. The summed E-state index contributed by atoms with van der Waals surface area (Å²) >= 11 is 0. The zero-order chi connectivity index (χ0) is 20.3. The normalized spacial score (nSPS) is 11.3. The highest BCUT2D eigenvalue weighted by molar-refractivity contribution is 5.88. The molecule has 144 valence electrons. The summed E-state index contributed by atoms with van der Waals surface area (Å²) in [6.45, 7) is 9.41. The quantitative estimate of drug-likeness (QED) is 0.557. The number of aryl methyl sites for hydroxylation is 2. The second kappa shape index (κ2) is 8.27. The van der Waals surface area contributed by atoms with Gasteiger partial charge >= 0.3 is 0 Å². The Labute approximate surface area is 163 Å². The number of halogens is 1. The van der Waals surface area contributed by atoms with E-state index in [-0.39, 0.29) is 18.0 Å². The summed E-state index contributed by atoms with van der Waals surface area (Å²) in [5.41, 5.74) is 3.34. The number of methoxy groups -OCH3 is 1. The van der Waals surface area contributed by atoms with Gasteiger partial charge in [0.25, 0.3) is 0 Å². The van der Waals surface area contributed by atoms with Crippen LogP contribution in [-0.4, -0.2) is 28.9 Å². The summed E-state index contributed by atoms with van der Waals surface area (Å²) in [4.78, 5) is 13.0. The van der Waals surface area contributed by atoms with E-state index in [1.807, 2.05) is 32.1 Å². The molecule has 0 saturated carbocycles. The Kier molecular flexibility index (Phi) is 5.80. The molecule has 3 aromatic rings. The van der Waals surface area contributed by atoms with Crippen LogP contribution in [0.5, 0.6) is 5.75 Å². The molecule has 0 fully saturated rings. The maximum atomic E-state index is 15.5. The van der Waals surface area contributed by atoms with E-state index in [9.17, 15) is 0 Å². The van der Waals surface area contributed by atoms with Crippen LogP contribution in [0.2, 0.25) is 0 Å². The summed E-state index contributed by atoms with van der Waals surface area (Å²) < 4.78 is 26.1. The molecule has 0 aliphatic carbocycles. The van der Waals surface area contributed by atoms with E-state index in [0.29, 0.717) is 28.2 Å². The Bertz CT molecular complexity index is 1080. The number of benzene rings is 1. The molecule has 0 unspecified atom stereocenters. The lowest BCUT2D eigenvalue weighted by molar-refractivity contribution is 0.0511. The van der Waals surface area contributed by atoms with Gasteiger partial charge in [0.2, 0.25) is 0 Å². The number of ether oxygens (including phenoxy) is 2. The van der Waals surface area contributed by atoms with Crippen molar-refractivity contribution in [2.24, 2.45) is 0 Å². The van der Waals surface area contributed by atoms with Crippen LogP contribution in [0, 0.1) is 19.7 Å². The van der Waals surface area contributed by atoms with Gasteiger partial charge in [-0.05, 0) is 44.0 Å². The van der Waals surface area contributed by atoms with Crippen molar-refractivity contribution in [3.05, 3.63) is 59.4 Å². The summed E-state index contributed by atoms with van der Waals surface area (Å²) in [7, 11) is 1.54. The first-order chi connectivity index (χ1) is 13.5. The smallest absolute Gasteiger partial charge is 0.188 e. The predicted molar refractivity (Wildman–Crippen MR) is 110 cm³/mol. The molecular formula is C22H22FN3O2. The molecule has 0 aliphatic heterocycles. The summed E-state index contributed by atoms with van der Waals surface area (Å²) in [5.74, 6) is 0.561. The van der Waals surface area contributed by atoms with E-state index in [1.54, 1.807) is 32.4 Å². The predicted octanol–water partition coefficient (Wildman–Crippen LogP) is 5.11. The van der Waals surface area contributed by atoms with Gasteiger partial charge in [0.15, 0.2) is 12.6 Å². The molecule has 3 rings (SSSR count). The van der Waals surface area contributed by atoms with Crippen molar-refractivity contribution in [3.63, 3.8) is 0 Å². The number of fused-ring (bicyclic) bond motifs is 1. The first-order valence-corrected chi connectivity index (χ1v) is 8.84. The molecule has 2 aromatic heterocycles. The highest BCUT2D eigenvalue weighted by Crippen LogP contribution is 2.35. The topological polar surface area (TPSA) is 57.1 Å². The van der Waals surface area contributed by atoms with Crippen LogP contribution in [0.4, 0.5) is 4.39 Å². The van der Waals surface area contributed by atoms with Gasteiger partial charge in [-0.25, -0.2) is 14.4 Å². The van der Waals surface area contributed by atoms with Crippen LogP contribution in [0.3, 0.4) is 0 Å². The monoisotopic (exact) mass is 379 g/mol. The molecule has 0 saturated heterocycles. The Hall–Kier alpha value is -3.12. The standard InChI is InChI=1S/C22H22FN3O2/c1-6-8-17-15(7-2)9-16(28-12-27-5)10-18(17)21-20(23)22-19(11-24-21)13(3)25-14(4)26-22/h6-11H,2,12H2,1,3-5H3/b8-6-. The van der Waals surface area contributed by atoms with Crippen molar-refractivity contribution < 1.29 is 13.9 Å². The fourth-order valence-corrected chi connectivity index (χ4v) is 3.10. The fourth-order valence-electron chi connectivity index (χ4n) is 3.10. The van der Waals surface area contributed by atoms with Crippen molar-refractivity contribution in [3.8, 4) is 17.0 Å². The lowest BCUT2D eigenvalue weighted by Gasteiger charge is -2.15. The van der Waals surface area contributed by atoms with E-state index in [0.717, 1.165) is 11.1 Å². The van der Waals surface area contributed by atoms with Crippen molar-refractivity contribution in [1.29, 1.82) is 0 Å². The second-order valence-corrected chi connectivity index (χ2v) is 6.27. The third-order valence-corrected chi connectivity index (χ3v) is 4.32. The molecule has 0 atom stereocenters. The summed E-state index contributed by atoms with van der Waals surface area (Å²) in [6, 6.07) is 3.58. The van der Waals surface area contributed by atoms with Gasteiger partial charge in [0, 0.05) is 24.3 Å². The van der Waals surface area contributed by atoms with Crippen LogP contribution in [0.1, 0.15) is 29.6 Å². The number of aromatic nitrogens is 3. The second-order valence-electron chi connectivity index (χ2n) is 6.27. The lowest BCUT2D eigenvalue weighted by Crippen LogP contribution is -2.03. The zero-order valence-electron chi connectivity index (χ0n) is 16.4. The number of rotatable bonds is 6. The van der Waals surface area contributed by atoms with E-state index < -0.39 is 5.82 Å². The summed E-state index contributed by atoms with van der Waals surface area (Å²) in [6.07, 6.45) is 7.09. The van der Waals surface area contributed by atoms with Gasteiger partial charge in [-0.15, -0.1) is 0 Å². The van der Waals surface area contributed by atoms with Crippen LogP contribution in [-0.2, 0) is 4.74 Å². The molecule has 5 nitrogen and oxygen atoms in total. The number of hydrogen-bond acceptors (Lipinski definition) is 5. The molecule has 0 amide bonds. The average Bonchev–Trinajstić information content (AvgIpc) is 2.68. The molecule has 0 aliphatic rings. The molecule has 28 heavy (non-hydrogen) atoms. The highest BCUT2D eigenvalue weighted by atomic mass is 19.1. The minimum atomic E-state index is -0.490. The van der Waals surface area contributed by atoms with Gasteiger partial charge in [0.1, 0.15) is 22.8 Å². The first kappa shape index (κ1) is 19.6. The Morgan fingerprint density at radius 2 is 2.00 bits per heavy atom. The van der Waals surface area contributed by atoms with E-state index >= 15 is 4.39 Å². The fraction of sp³-hybridized carbons (Fsp3) is 0.227. The summed E-state index contributed by atoms with van der Waals surface area (Å²) in [5, 5.41) is 0.593. The van der Waals surface area contributed by atoms with Gasteiger partial charge < -0.3 is 9.47 Å². The molecule has 0 radical (unpaired) electrons. The van der Waals surface area contributed by atoms with Crippen molar-refractivity contribution in [1.82, 2.24) is 15.0 Å². The maximum Gasteiger partial charge on any atom is 0.188 e. The van der Waals surface area contributed by atoms with Gasteiger partial charge in [-0.1, -0.05) is 24.8 Å². The van der Waals surface area contributed by atoms with E-state index in [2.05, 4.69) is 21.5 Å². The minimum absolute atomic E-state index is 0.0816. The van der Waals surface area contributed by atoms with E-state index in [4.69, 9.17) is 9.47 Å². The highest BCUT2D eigenvalue weighted by Gasteiger charge is 2.19. The minimum Gasteiger partial charge on any atom is -0.468 e. The maximum absolute atomic E-state index is 15.5. The Morgan fingerprint density at radius 3 is 2.68 bits per heavy atom. The number of allylic oxidation sites excluding steroid dienone is 1. The number of pyridine rings is 1. The molecule has 0 spiro atoms. The molecule has 0 N–H and O–H groups in total. The van der Waals surface area contributed by atoms with Crippen LogP contribution >= 0.6 is 0 Å². The number of hydrogen-bond donors (Lipinski definition) is 0. The van der Waals surface area contributed by atoms with Gasteiger partial charge in [-0.3, -0.25) is 4.98 Å². The van der Waals surface area contributed by atoms with Crippen LogP contribution in [0.15, 0.2) is 31.0 Å². The zero-order valence-corrected chi connectivity index (χ0v) is 16.4. The van der Waals surface area contributed by atoms with Gasteiger partial charge in [0.05, 0.1) is 5.69 Å². The first-order valence-electron chi connectivity index (χ1n) is 8.84. The van der Waals surface area contributed by atoms with Crippen molar-refractivity contribution in [2.45, 2.75) is 20.8 Å². The Morgan fingerprint density at radius 1 is 1.21 bits per heavy atom. The average molecular weight is 379 g/mol. The van der Waals surface area contributed by atoms with Crippen molar-refractivity contribution in [2.75, 3.05) is 13.9 Å². The molecular weight excluding hydrogens is 357 g/mol. The molecule has 1 aromatic carbocycles. The van der Waals surface area contributed by atoms with Crippen molar-refractivity contribution >= 4 is 23.1 Å².